The number of nitrogens with one attached hydrogen (secondary N) is 1. The van der Waals surface area contributed by atoms with Crippen LogP contribution in [0.15, 0.2) is 28.9 Å². The number of furan rings is 1. The van der Waals surface area contributed by atoms with Crippen molar-refractivity contribution in [1.29, 1.82) is 5.26 Å². The highest BCUT2D eigenvalue weighted by Crippen LogP contribution is 2.39. The second-order valence-corrected chi connectivity index (χ2v) is 7.37. The fourth-order valence-electron chi connectivity index (χ4n) is 3.05. The van der Waals surface area contributed by atoms with Crippen LogP contribution in [0.1, 0.15) is 35.1 Å². The van der Waals surface area contributed by atoms with Crippen LogP contribution in [-0.4, -0.2) is 25.3 Å². The zero-order valence-electron chi connectivity index (χ0n) is 15.4. The number of rotatable bonds is 6. The van der Waals surface area contributed by atoms with Crippen LogP contribution in [0.5, 0.6) is 0 Å². The van der Waals surface area contributed by atoms with E-state index in [0.717, 1.165) is 16.9 Å². The number of ether oxygens (including phenoxy) is 2. The number of amides is 1. The van der Waals surface area contributed by atoms with E-state index >= 15 is 0 Å². The van der Waals surface area contributed by atoms with Crippen LogP contribution in [0.4, 0.5) is 9.80 Å². The summed E-state index contributed by atoms with van der Waals surface area (Å²) in [6.45, 7) is 2.29. The predicted octanol–water partition coefficient (Wildman–Crippen LogP) is 4.14. The molecule has 7 nitrogen and oxygen atoms in total. The normalized spacial score (nSPS) is 15.6. The van der Waals surface area contributed by atoms with Gasteiger partial charge in [0.25, 0.3) is 0 Å². The molecule has 1 aliphatic rings. The summed E-state index contributed by atoms with van der Waals surface area (Å²) in [6.07, 6.45) is 6.03. The monoisotopic (exact) mass is 400 g/mol. The van der Waals surface area contributed by atoms with Crippen molar-refractivity contribution in [2.75, 3.05) is 18.5 Å². The van der Waals surface area contributed by atoms with Crippen LogP contribution in [0, 0.1) is 17.2 Å². The standard InChI is InChI=1S/C20H20N2O5S/c1-2-25-20(24)27-12-13-5-7-15-16(11-21)19(28-17(15)10-13)22-18(23)8-6-14-4-3-9-26-14/h3-4,6,8-9,13H,2,5,7,10,12H2,1H3,(H,22,23)/b8-6+. The van der Waals surface area contributed by atoms with Gasteiger partial charge in [0.2, 0.25) is 5.91 Å². The molecule has 0 radical (unpaired) electrons. The first-order valence-electron chi connectivity index (χ1n) is 8.97. The van der Waals surface area contributed by atoms with E-state index in [1.807, 2.05) is 0 Å². The third kappa shape index (κ3) is 4.81. The highest BCUT2D eigenvalue weighted by Gasteiger charge is 2.27. The van der Waals surface area contributed by atoms with Crippen LogP contribution in [-0.2, 0) is 27.1 Å². The molecule has 3 rings (SSSR count). The van der Waals surface area contributed by atoms with Gasteiger partial charge in [0.1, 0.15) is 16.8 Å². The quantitative estimate of drug-likeness (QED) is 0.577. The predicted molar refractivity (Wildman–Crippen MR) is 104 cm³/mol. The average molecular weight is 400 g/mol. The van der Waals surface area contributed by atoms with E-state index in [0.29, 0.717) is 29.2 Å². The van der Waals surface area contributed by atoms with Gasteiger partial charge in [-0.15, -0.1) is 11.3 Å². The molecule has 1 atom stereocenters. The number of nitriles is 1. The lowest BCUT2D eigenvalue weighted by atomic mass is 9.88. The molecule has 1 unspecified atom stereocenters. The van der Waals surface area contributed by atoms with Gasteiger partial charge in [0.15, 0.2) is 0 Å². The molecular weight excluding hydrogens is 380 g/mol. The van der Waals surface area contributed by atoms with Crippen molar-refractivity contribution < 1.29 is 23.5 Å². The van der Waals surface area contributed by atoms with E-state index in [-0.39, 0.29) is 25.0 Å². The maximum Gasteiger partial charge on any atom is 0.508 e. The Hall–Kier alpha value is -3.05. The maximum absolute atomic E-state index is 12.2. The van der Waals surface area contributed by atoms with Crippen LogP contribution < -0.4 is 5.32 Å². The summed E-state index contributed by atoms with van der Waals surface area (Å²) in [5.41, 5.74) is 1.50. The van der Waals surface area contributed by atoms with E-state index in [4.69, 9.17) is 13.9 Å². The van der Waals surface area contributed by atoms with E-state index in [1.165, 1.54) is 23.7 Å². The minimum atomic E-state index is -0.659. The Bertz CT molecular complexity index is 908. The van der Waals surface area contributed by atoms with Crippen LogP contribution in [0.2, 0.25) is 0 Å². The molecule has 28 heavy (non-hydrogen) atoms. The number of anilines is 1. The third-order valence-electron chi connectivity index (χ3n) is 4.36. The molecule has 0 saturated heterocycles. The van der Waals surface area contributed by atoms with E-state index in [2.05, 4.69) is 11.4 Å². The van der Waals surface area contributed by atoms with Gasteiger partial charge >= 0.3 is 6.16 Å². The number of fused-ring (bicyclic) bond motifs is 1. The van der Waals surface area contributed by atoms with Gasteiger partial charge in [-0.05, 0) is 55.9 Å². The summed E-state index contributed by atoms with van der Waals surface area (Å²) in [4.78, 5) is 24.6. The van der Waals surface area contributed by atoms with Gasteiger partial charge in [-0.2, -0.15) is 5.26 Å². The molecule has 146 valence electrons. The second-order valence-electron chi connectivity index (χ2n) is 6.26. The van der Waals surface area contributed by atoms with Crippen molar-refractivity contribution >= 4 is 34.5 Å². The van der Waals surface area contributed by atoms with Crippen molar-refractivity contribution in [2.24, 2.45) is 5.92 Å². The van der Waals surface area contributed by atoms with Crippen LogP contribution >= 0.6 is 11.3 Å². The lowest BCUT2D eigenvalue weighted by molar-refractivity contribution is -0.111. The largest absolute Gasteiger partial charge is 0.508 e. The number of hydrogen-bond donors (Lipinski definition) is 1. The number of thiophene rings is 1. The molecule has 2 aromatic rings. The molecular formula is C20H20N2O5S. The Morgan fingerprint density at radius 2 is 2.32 bits per heavy atom. The minimum absolute atomic E-state index is 0.171. The summed E-state index contributed by atoms with van der Waals surface area (Å²) >= 11 is 1.40. The molecule has 8 heteroatoms. The topological polar surface area (TPSA) is 102 Å². The highest BCUT2D eigenvalue weighted by atomic mass is 32.1. The second kappa shape index (κ2) is 9.24. The van der Waals surface area contributed by atoms with Gasteiger partial charge < -0.3 is 19.2 Å². The summed E-state index contributed by atoms with van der Waals surface area (Å²) in [5.74, 6) is 0.420. The lowest BCUT2D eigenvalue weighted by Crippen LogP contribution is -2.21. The molecule has 1 amide bonds. The van der Waals surface area contributed by atoms with E-state index in [9.17, 15) is 14.9 Å². The molecule has 0 saturated carbocycles. The average Bonchev–Trinajstić information content (AvgIpc) is 3.31. The SMILES string of the molecule is CCOC(=O)OCC1CCc2c(sc(NC(=O)/C=C/c3ccco3)c2C#N)C1. The molecule has 0 aliphatic heterocycles. The highest BCUT2D eigenvalue weighted by molar-refractivity contribution is 7.16. The van der Waals surface area contributed by atoms with Crippen LogP contribution in [0.3, 0.4) is 0 Å². The smallest absolute Gasteiger partial charge is 0.465 e. The maximum atomic E-state index is 12.2. The summed E-state index contributed by atoms with van der Waals surface area (Å²) < 4.78 is 15.0. The Morgan fingerprint density at radius 1 is 1.46 bits per heavy atom. The van der Waals surface area contributed by atoms with Gasteiger partial charge in [0, 0.05) is 11.0 Å². The fraction of sp³-hybridized carbons (Fsp3) is 0.350. The van der Waals surface area contributed by atoms with Gasteiger partial charge in [-0.1, -0.05) is 0 Å². The molecule has 0 bridgehead atoms. The number of hydrogen-bond acceptors (Lipinski definition) is 7. The zero-order chi connectivity index (χ0) is 19.9. The van der Waals surface area contributed by atoms with E-state index in [1.54, 1.807) is 25.1 Å². The van der Waals surface area contributed by atoms with Crippen molar-refractivity contribution in [1.82, 2.24) is 0 Å². The number of carbonyl (C=O) groups excluding carboxylic acids is 2. The van der Waals surface area contributed by atoms with Crippen LogP contribution in [0.25, 0.3) is 6.08 Å². The Morgan fingerprint density at radius 3 is 3.04 bits per heavy atom. The summed E-state index contributed by atoms with van der Waals surface area (Å²) in [6, 6.07) is 5.69. The molecule has 0 aromatic carbocycles. The van der Waals surface area contributed by atoms with Gasteiger partial charge in [-0.3, -0.25) is 4.79 Å². The molecule has 0 fully saturated rings. The minimum Gasteiger partial charge on any atom is -0.465 e. The van der Waals surface area contributed by atoms with E-state index < -0.39 is 6.16 Å². The van der Waals surface area contributed by atoms with Gasteiger partial charge in [0.05, 0.1) is 25.0 Å². The first-order chi connectivity index (χ1) is 13.6. The molecule has 0 spiro atoms. The summed E-state index contributed by atoms with van der Waals surface area (Å²) in [7, 11) is 0. The molecule has 1 aliphatic carbocycles. The zero-order valence-corrected chi connectivity index (χ0v) is 16.2. The molecule has 1 N–H and O–H groups in total. The first-order valence-corrected chi connectivity index (χ1v) is 9.79. The Kier molecular flexibility index (Phi) is 6.50. The Labute approximate surface area is 166 Å². The van der Waals surface area contributed by atoms with Crippen molar-refractivity contribution in [3.8, 4) is 6.07 Å². The number of carbonyl (C=O) groups is 2. The number of nitrogens with zero attached hydrogens (tertiary/aromatic N) is 1. The van der Waals surface area contributed by atoms with Gasteiger partial charge in [-0.25, -0.2) is 4.79 Å². The first kappa shape index (κ1) is 19.7. The molecule has 2 heterocycles. The fourth-order valence-corrected chi connectivity index (χ4v) is 4.36. The van der Waals surface area contributed by atoms with Crippen molar-refractivity contribution in [2.45, 2.75) is 26.2 Å². The van der Waals surface area contributed by atoms with Crippen molar-refractivity contribution in [3.63, 3.8) is 0 Å². The summed E-state index contributed by atoms with van der Waals surface area (Å²) in [5, 5.41) is 12.9. The third-order valence-corrected chi connectivity index (χ3v) is 5.53. The van der Waals surface area contributed by atoms with Crippen molar-refractivity contribution in [3.05, 3.63) is 46.2 Å². The molecule has 2 aromatic heterocycles. The lowest BCUT2D eigenvalue weighted by Gasteiger charge is -2.21. The Balaban J connectivity index is 1.64.